The first kappa shape index (κ1) is 14.3. The lowest BCUT2D eigenvalue weighted by Crippen LogP contribution is -2.53. The molecule has 1 atom stereocenters. The van der Waals surface area contributed by atoms with E-state index in [1.165, 1.54) is 0 Å². The summed E-state index contributed by atoms with van der Waals surface area (Å²) >= 11 is 0. The molecule has 1 aromatic carbocycles. The van der Waals surface area contributed by atoms with Crippen molar-refractivity contribution in [3.05, 3.63) is 54.4 Å². The van der Waals surface area contributed by atoms with Crippen LogP contribution in [0.4, 0.5) is 0 Å². The maximum absolute atomic E-state index is 12.1. The molecule has 2 rings (SSSR count). The lowest BCUT2D eigenvalue weighted by atomic mass is 9.85. The van der Waals surface area contributed by atoms with E-state index in [9.17, 15) is 4.79 Å². The average Bonchev–Trinajstić information content (AvgIpc) is 2.97. The van der Waals surface area contributed by atoms with Gasteiger partial charge >= 0.3 is 0 Å². The molecule has 5 heteroatoms. The molecule has 0 aliphatic rings. The number of likely N-dealkylation sites (N-methyl/N-ethyl adjacent to an activating group) is 1. The number of rotatable bonds is 7. The number of benzene rings is 1. The molecule has 20 heavy (non-hydrogen) atoms. The summed E-state index contributed by atoms with van der Waals surface area (Å²) in [5.74, 6) is -0.363. The monoisotopic (exact) mass is 272 g/mol. The van der Waals surface area contributed by atoms with Gasteiger partial charge in [-0.15, -0.1) is 0 Å². The minimum atomic E-state index is -0.859. The summed E-state index contributed by atoms with van der Waals surface area (Å²) in [6.45, 7) is 3.25. The van der Waals surface area contributed by atoms with Crippen LogP contribution in [0.1, 0.15) is 18.9 Å². The Morgan fingerprint density at radius 2 is 2.10 bits per heavy atom. The molecular formula is C15H20N4O. The van der Waals surface area contributed by atoms with Gasteiger partial charge in [0.25, 0.3) is 0 Å². The summed E-state index contributed by atoms with van der Waals surface area (Å²) in [7, 11) is 0. The van der Waals surface area contributed by atoms with E-state index in [4.69, 9.17) is 5.73 Å². The average molecular weight is 272 g/mol. The smallest absolute Gasteiger partial charge is 0.242 e. The number of hydrogen-bond acceptors (Lipinski definition) is 3. The number of aromatic nitrogens is 2. The molecule has 1 heterocycles. The third kappa shape index (κ3) is 2.88. The fourth-order valence-corrected chi connectivity index (χ4v) is 2.43. The first-order valence-electron chi connectivity index (χ1n) is 6.77. The van der Waals surface area contributed by atoms with Gasteiger partial charge in [0.2, 0.25) is 5.91 Å². The third-order valence-corrected chi connectivity index (χ3v) is 3.44. The van der Waals surface area contributed by atoms with Crippen molar-refractivity contribution in [3.8, 4) is 0 Å². The lowest BCUT2D eigenvalue weighted by Gasteiger charge is -2.32. The maximum atomic E-state index is 12.1. The molecule has 0 bridgehead atoms. The largest absolute Gasteiger partial charge is 0.368 e. The number of amides is 1. The molecular weight excluding hydrogens is 252 g/mol. The van der Waals surface area contributed by atoms with Crippen LogP contribution >= 0.6 is 0 Å². The number of carbonyl (C=O) groups excluding carboxylic acids is 1. The molecule has 0 aliphatic carbocycles. The second kappa shape index (κ2) is 6.34. The number of primary amides is 1. The zero-order valence-corrected chi connectivity index (χ0v) is 11.6. The van der Waals surface area contributed by atoms with Gasteiger partial charge in [-0.1, -0.05) is 37.3 Å². The molecule has 1 aromatic heterocycles. The van der Waals surface area contributed by atoms with Crippen LogP contribution in [-0.2, 0) is 16.9 Å². The van der Waals surface area contributed by atoms with Gasteiger partial charge in [-0.2, -0.15) is 5.10 Å². The van der Waals surface area contributed by atoms with E-state index in [0.29, 0.717) is 19.5 Å². The summed E-state index contributed by atoms with van der Waals surface area (Å²) in [6.07, 6.45) is 4.16. The standard InChI is InChI=1S/C15H20N4O/c1-2-17-15(14(16)20,13-7-4-3-5-8-13)9-12-19-11-6-10-18-19/h3-8,10-11,17H,2,9,12H2,1H3,(H2,16,20). The number of nitrogens with two attached hydrogens (primary N) is 1. The zero-order chi connectivity index (χ0) is 14.4. The van der Waals surface area contributed by atoms with E-state index >= 15 is 0 Å². The second-order valence-corrected chi connectivity index (χ2v) is 4.69. The quantitative estimate of drug-likeness (QED) is 0.797. The number of nitrogens with zero attached hydrogens (tertiary/aromatic N) is 2. The van der Waals surface area contributed by atoms with Gasteiger partial charge in [0, 0.05) is 18.9 Å². The predicted molar refractivity (Wildman–Crippen MR) is 77.8 cm³/mol. The zero-order valence-electron chi connectivity index (χ0n) is 11.6. The molecule has 0 aliphatic heterocycles. The molecule has 0 saturated heterocycles. The highest BCUT2D eigenvalue weighted by Crippen LogP contribution is 2.25. The molecule has 0 saturated carbocycles. The van der Waals surface area contributed by atoms with Crippen LogP contribution < -0.4 is 11.1 Å². The molecule has 3 N–H and O–H groups in total. The molecule has 0 fully saturated rings. The van der Waals surface area contributed by atoms with E-state index in [1.54, 1.807) is 10.9 Å². The summed E-state index contributed by atoms with van der Waals surface area (Å²) in [5.41, 5.74) is 5.73. The first-order valence-corrected chi connectivity index (χ1v) is 6.77. The van der Waals surface area contributed by atoms with Crippen LogP contribution in [0.5, 0.6) is 0 Å². The van der Waals surface area contributed by atoms with Crippen LogP contribution in [0.2, 0.25) is 0 Å². The molecule has 0 spiro atoms. The van der Waals surface area contributed by atoms with Gasteiger partial charge in [-0.25, -0.2) is 0 Å². The minimum absolute atomic E-state index is 0.363. The van der Waals surface area contributed by atoms with Crippen molar-refractivity contribution in [1.82, 2.24) is 15.1 Å². The second-order valence-electron chi connectivity index (χ2n) is 4.69. The highest BCUT2D eigenvalue weighted by Gasteiger charge is 2.37. The topological polar surface area (TPSA) is 72.9 Å². The highest BCUT2D eigenvalue weighted by molar-refractivity contribution is 5.86. The summed E-state index contributed by atoms with van der Waals surface area (Å²) in [4.78, 5) is 12.1. The van der Waals surface area contributed by atoms with Crippen LogP contribution in [0.3, 0.4) is 0 Å². The van der Waals surface area contributed by atoms with Crippen molar-refractivity contribution >= 4 is 5.91 Å². The van der Waals surface area contributed by atoms with Crippen molar-refractivity contribution < 1.29 is 4.79 Å². The van der Waals surface area contributed by atoms with Crippen molar-refractivity contribution in [2.24, 2.45) is 5.73 Å². The minimum Gasteiger partial charge on any atom is -0.368 e. The fraction of sp³-hybridized carbons (Fsp3) is 0.333. The van der Waals surface area contributed by atoms with E-state index in [-0.39, 0.29) is 5.91 Å². The SMILES string of the molecule is CCNC(CCn1cccn1)(C(N)=O)c1ccccc1. The van der Waals surface area contributed by atoms with Crippen molar-refractivity contribution in [2.75, 3.05) is 6.54 Å². The summed E-state index contributed by atoms with van der Waals surface area (Å²) in [6, 6.07) is 11.5. The summed E-state index contributed by atoms with van der Waals surface area (Å²) < 4.78 is 1.80. The van der Waals surface area contributed by atoms with E-state index in [1.807, 2.05) is 49.5 Å². The van der Waals surface area contributed by atoms with E-state index in [2.05, 4.69) is 10.4 Å². The Morgan fingerprint density at radius 3 is 2.65 bits per heavy atom. The van der Waals surface area contributed by atoms with Crippen molar-refractivity contribution in [1.29, 1.82) is 0 Å². The molecule has 1 amide bonds. The van der Waals surface area contributed by atoms with Gasteiger partial charge < -0.3 is 5.73 Å². The fourth-order valence-electron chi connectivity index (χ4n) is 2.43. The van der Waals surface area contributed by atoms with Gasteiger partial charge in [0.1, 0.15) is 5.54 Å². The van der Waals surface area contributed by atoms with Crippen LogP contribution in [0, 0.1) is 0 Å². The van der Waals surface area contributed by atoms with Crippen LogP contribution in [0.15, 0.2) is 48.8 Å². The van der Waals surface area contributed by atoms with Crippen LogP contribution in [-0.4, -0.2) is 22.2 Å². The maximum Gasteiger partial charge on any atom is 0.242 e. The number of nitrogens with one attached hydrogen (secondary N) is 1. The Bertz CT molecular complexity index is 538. The normalized spacial score (nSPS) is 13.8. The Kier molecular flexibility index (Phi) is 4.53. The molecule has 2 aromatic rings. The van der Waals surface area contributed by atoms with E-state index in [0.717, 1.165) is 5.56 Å². The van der Waals surface area contributed by atoms with Gasteiger partial charge in [-0.3, -0.25) is 14.8 Å². The number of hydrogen-bond donors (Lipinski definition) is 2. The van der Waals surface area contributed by atoms with Crippen molar-refractivity contribution in [3.63, 3.8) is 0 Å². The third-order valence-electron chi connectivity index (χ3n) is 3.44. The Balaban J connectivity index is 2.29. The lowest BCUT2D eigenvalue weighted by molar-refractivity contribution is -0.125. The Labute approximate surface area is 118 Å². The molecule has 0 radical (unpaired) electrons. The van der Waals surface area contributed by atoms with E-state index < -0.39 is 5.54 Å². The highest BCUT2D eigenvalue weighted by atomic mass is 16.1. The Morgan fingerprint density at radius 1 is 1.35 bits per heavy atom. The first-order chi connectivity index (χ1) is 9.69. The number of aryl methyl sites for hydroxylation is 1. The van der Waals surface area contributed by atoms with Gasteiger partial charge in [0.15, 0.2) is 0 Å². The summed E-state index contributed by atoms with van der Waals surface area (Å²) in [5, 5.41) is 7.43. The molecule has 106 valence electrons. The van der Waals surface area contributed by atoms with Gasteiger partial charge in [0.05, 0.1) is 0 Å². The number of carbonyl (C=O) groups is 1. The Hall–Kier alpha value is -2.14. The van der Waals surface area contributed by atoms with Crippen LogP contribution in [0.25, 0.3) is 0 Å². The molecule has 1 unspecified atom stereocenters. The van der Waals surface area contributed by atoms with Gasteiger partial charge in [-0.05, 0) is 24.6 Å². The molecule has 5 nitrogen and oxygen atoms in total. The van der Waals surface area contributed by atoms with Crippen molar-refractivity contribution in [2.45, 2.75) is 25.4 Å². The predicted octanol–water partition coefficient (Wildman–Crippen LogP) is 1.26.